The van der Waals surface area contributed by atoms with Crippen LogP contribution in [-0.4, -0.2) is 9.97 Å². The average molecular weight is 531 g/mol. The molecule has 3 aromatic heterocycles. The van der Waals surface area contributed by atoms with Gasteiger partial charge in [0, 0.05) is 39.0 Å². The van der Waals surface area contributed by atoms with Gasteiger partial charge in [0.05, 0.1) is 11.4 Å². The van der Waals surface area contributed by atoms with Gasteiger partial charge in [-0.1, -0.05) is 66.7 Å². The van der Waals surface area contributed by atoms with Gasteiger partial charge in [-0.2, -0.15) is 0 Å². The molecular weight excluding hydrogens is 492 g/mol. The molecule has 0 saturated carbocycles. The van der Waals surface area contributed by atoms with E-state index in [-0.39, 0.29) is 10.8 Å². The molecule has 0 radical (unpaired) electrons. The number of benzene rings is 2. The number of allylic oxidation sites excluding steroid dienone is 2. The lowest BCUT2D eigenvalue weighted by Gasteiger charge is -2.24. The normalized spacial score (nSPS) is 14.8. The van der Waals surface area contributed by atoms with Crippen molar-refractivity contribution in [3.05, 3.63) is 88.7 Å². The van der Waals surface area contributed by atoms with Crippen LogP contribution in [0.5, 0.6) is 0 Å². The smallest absolute Gasteiger partial charge is 0.0712 e. The minimum Gasteiger partial charge on any atom is -0.264 e. The molecule has 0 amide bonds. The molecule has 0 bridgehead atoms. The molecule has 5 aromatic rings. The minimum absolute atomic E-state index is 0.00445. The van der Waals surface area contributed by atoms with Crippen LogP contribution in [0.15, 0.2) is 66.3 Å². The highest BCUT2D eigenvalue weighted by Gasteiger charge is 2.33. The van der Waals surface area contributed by atoms with Crippen LogP contribution in [0.1, 0.15) is 77.8 Å². The first-order chi connectivity index (χ1) is 18.4. The van der Waals surface area contributed by atoms with Crippen molar-refractivity contribution >= 4 is 37.8 Å². The Hall–Kier alpha value is -3.30. The van der Waals surface area contributed by atoms with Crippen LogP contribution in [0.2, 0.25) is 0 Å². The maximum atomic E-state index is 5.37. The predicted molar refractivity (Wildman–Crippen MR) is 170 cm³/mol. The third kappa shape index (κ3) is 4.51. The van der Waals surface area contributed by atoms with E-state index in [9.17, 15) is 0 Å². The molecule has 0 spiro atoms. The first kappa shape index (κ1) is 26.0. The fourth-order valence-corrected chi connectivity index (χ4v) is 7.31. The molecule has 3 heteroatoms. The van der Waals surface area contributed by atoms with Gasteiger partial charge < -0.3 is 0 Å². The highest BCUT2D eigenvalue weighted by molar-refractivity contribution is 7.17. The van der Waals surface area contributed by atoms with Crippen LogP contribution in [0.25, 0.3) is 48.8 Å². The lowest BCUT2D eigenvalue weighted by atomic mass is 9.82. The monoisotopic (exact) mass is 530 g/mol. The number of pyridine rings is 2. The quantitative estimate of drug-likeness (QED) is 0.231. The Morgan fingerprint density at radius 3 is 2.49 bits per heavy atom. The summed E-state index contributed by atoms with van der Waals surface area (Å²) in [5.74, 6) is 0.652. The van der Waals surface area contributed by atoms with E-state index in [2.05, 4.69) is 114 Å². The maximum absolute atomic E-state index is 5.37. The van der Waals surface area contributed by atoms with Crippen molar-refractivity contribution in [3.63, 3.8) is 0 Å². The third-order valence-electron chi connectivity index (χ3n) is 8.05. The van der Waals surface area contributed by atoms with Crippen molar-refractivity contribution in [2.75, 3.05) is 0 Å². The molecule has 0 N–H and O–H groups in total. The van der Waals surface area contributed by atoms with E-state index in [4.69, 9.17) is 4.98 Å². The second-order valence-electron chi connectivity index (χ2n) is 13.3. The van der Waals surface area contributed by atoms with E-state index >= 15 is 0 Å². The molecule has 0 fully saturated rings. The lowest BCUT2D eigenvalue weighted by Crippen LogP contribution is -2.15. The average Bonchev–Trinajstić information content (AvgIpc) is 3.38. The molecule has 2 nitrogen and oxygen atoms in total. The third-order valence-corrected chi connectivity index (χ3v) is 9.05. The molecule has 0 saturated heterocycles. The Balaban J connectivity index is 1.59. The van der Waals surface area contributed by atoms with Gasteiger partial charge in [0.15, 0.2) is 0 Å². The van der Waals surface area contributed by atoms with Gasteiger partial charge in [0.1, 0.15) is 0 Å². The summed E-state index contributed by atoms with van der Waals surface area (Å²) in [6.45, 7) is 18.3. The SMILES string of the molecule is CC1=CC(C)(C)c2nc(-c3cc(C(C)(C)C)c4ccncc4c3)cc(-c3ccc4c(CC(C)C)csc4c3)c21. The zero-order chi connectivity index (χ0) is 27.7. The molecule has 0 atom stereocenters. The summed E-state index contributed by atoms with van der Waals surface area (Å²) >= 11 is 1.87. The number of nitrogens with zero attached hydrogens (tertiary/aromatic N) is 2. The summed E-state index contributed by atoms with van der Waals surface area (Å²) in [5, 5.41) is 6.17. The summed E-state index contributed by atoms with van der Waals surface area (Å²) in [6, 6.07) is 16.1. The number of aromatic nitrogens is 2. The lowest BCUT2D eigenvalue weighted by molar-refractivity contribution is 0.596. The number of rotatable bonds is 4. The molecule has 6 rings (SSSR count). The van der Waals surface area contributed by atoms with Crippen LogP contribution in [-0.2, 0) is 17.3 Å². The van der Waals surface area contributed by atoms with Crippen molar-refractivity contribution in [1.29, 1.82) is 0 Å². The highest BCUT2D eigenvalue weighted by Crippen LogP contribution is 2.46. The van der Waals surface area contributed by atoms with E-state index in [1.54, 1.807) is 0 Å². The second kappa shape index (κ2) is 9.13. The largest absolute Gasteiger partial charge is 0.264 e. The molecule has 39 heavy (non-hydrogen) atoms. The van der Waals surface area contributed by atoms with Crippen molar-refractivity contribution in [3.8, 4) is 22.4 Å². The molecule has 2 aromatic carbocycles. The van der Waals surface area contributed by atoms with E-state index < -0.39 is 0 Å². The van der Waals surface area contributed by atoms with E-state index in [1.165, 1.54) is 54.6 Å². The van der Waals surface area contributed by atoms with E-state index in [0.29, 0.717) is 5.92 Å². The van der Waals surface area contributed by atoms with E-state index in [1.807, 2.05) is 23.7 Å². The van der Waals surface area contributed by atoms with Gasteiger partial charge >= 0.3 is 0 Å². The molecule has 0 unspecified atom stereocenters. The fraction of sp³-hybridized carbons (Fsp3) is 0.333. The van der Waals surface area contributed by atoms with Gasteiger partial charge in [0.25, 0.3) is 0 Å². The zero-order valence-electron chi connectivity index (χ0n) is 24.4. The topological polar surface area (TPSA) is 25.8 Å². The van der Waals surface area contributed by atoms with E-state index in [0.717, 1.165) is 23.1 Å². The van der Waals surface area contributed by atoms with Crippen LogP contribution in [0.3, 0.4) is 0 Å². The van der Waals surface area contributed by atoms with Crippen molar-refractivity contribution < 1.29 is 0 Å². The van der Waals surface area contributed by atoms with Crippen molar-refractivity contribution in [2.45, 2.75) is 72.6 Å². The summed E-state index contributed by atoms with van der Waals surface area (Å²) in [6.07, 6.45) is 7.38. The van der Waals surface area contributed by atoms with Crippen LogP contribution < -0.4 is 0 Å². The van der Waals surface area contributed by atoms with Crippen molar-refractivity contribution in [2.24, 2.45) is 5.92 Å². The maximum Gasteiger partial charge on any atom is 0.0712 e. The first-order valence-electron chi connectivity index (χ1n) is 14.1. The number of hydrogen-bond acceptors (Lipinski definition) is 3. The standard InChI is InChI=1S/C36H38N2S/c1-21(2)13-26-20-39-32-16-23(9-10-28(26)32)29-17-31(38-34-33(29)22(3)18-36(34,7)8)24-14-25-19-37-12-11-27(25)30(15-24)35(4,5)6/h9-12,14-21H,13H2,1-8H3. The van der Waals surface area contributed by atoms with Gasteiger partial charge in [-0.15, -0.1) is 11.3 Å². The second-order valence-corrected chi connectivity index (χ2v) is 14.2. The predicted octanol–water partition coefficient (Wildman–Crippen LogP) is 10.4. The molecule has 198 valence electrons. The first-order valence-corrected chi connectivity index (χ1v) is 14.9. The summed E-state index contributed by atoms with van der Waals surface area (Å²) in [5.41, 5.74) is 11.2. The summed E-state index contributed by atoms with van der Waals surface area (Å²) in [4.78, 5) is 9.82. The van der Waals surface area contributed by atoms with Crippen LogP contribution >= 0.6 is 11.3 Å². The fourth-order valence-electron chi connectivity index (χ4n) is 6.29. The summed E-state index contributed by atoms with van der Waals surface area (Å²) < 4.78 is 1.36. The molecule has 0 aliphatic heterocycles. The van der Waals surface area contributed by atoms with Gasteiger partial charge in [-0.05, 0) is 99.0 Å². The number of fused-ring (bicyclic) bond motifs is 3. The summed E-state index contributed by atoms with van der Waals surface area (Å²) in [7, 11) is 0. The molecule has 1 aliphatic carbocycles. The Kier molecular flexibility index (Phi) is 6.07. The Morgan fingerprint density at radius 1 is 0.949 bits per heavy atom. The number of hydrogen-bond donors (Lipinski definition) is 0. The Bertz CT molecular complexity index is 1780. The van der Waals surface area contributed by atoms with Crippen LogP contribution in [0.4, 0.5) is 0 Å². The molecule has 1 aliphatic rings. The Labute approximate surface area is 236 Å². The van der Waals surface area contributed by atoms with Crippen molar-refractivity contribution in [1.82, 2.24) is 9.97 Å². The van der Waals surface area contributed by atoms with Gasteiger partial charge in [-0.25, -0.2) is 0 Å². The van der Waals surface area contributed by atoms with Gasteiger partial charge in [0.2, 0.25) is 0 Å². The van der Waals surface area contributed by atoms with Gasteiger partial charge in [-0.3, -0.25) is 9.97 Å². The zero-order valence-corrected chi connectivity index (χ0v) is 25.3. The number of thiophene rings is 1. The van der Waals surface area contributed by atoms with Crippen LogP contribution in [0, 0.1) is 5.92 Å². The molecular formula is C36H38N2S. The minimum atomic E-state index is -0.118. The highest BCUT2D eigenvalue weighted by atomic mass is 32.1. The molecule has 3 heterocycles. The Morgan fingerprint density at radius 2 is 1.74 bits per heavy atom.